The molecule has 1 aliphatic heterocycles. The van der Waals surface area contributed by atoms with E-state index in [0.717, 1.165) is 48.7 Å². The predicted molar refractivity (Wildman–Crippen MR) is 97.0 cm³/mol. The minimum absolute atomic E-state index is 0.152. The van der Waals surface area contributed by atoms with Gasteiger partial charge in [-0.2, -0.15) is 0 Å². The van der Waals surface area contributed by atoms with Crippen LogP contribution in [-0.2, 0) is 0 Å². The van der Waals surface area contributed by atoms with Crippen molar-refractivity contribution in [1.82, 2.24) is 19.7 Å². The number of piperidine rings is 1. The maximum Gasteiger partial charge on any atom is 0.257 e. The minimum atomic E-state index is -0.152. The lowest BCUT2D eigenvalue weighted by Gasteiger charge is -2.22. The zero-order valence-corrected chi connectivity index (χ0v) is 14.2. The van der Waals surface area contributed by atoms with E-state index in [2.05, 4.69) is 20.6 Å². The minimum Gasteiger partial charge on any atom is -0.321 e. The second kappa shape index (κ2) is 6.64. The molecule has 0 radical (unpaired) electrons. The van der Waals surface area contributed by atoms with Crippen LogP contribution in [0.25, 0.3) is 5.65 Å². The molecule has 1 amide bonds. The molecule has 0 spiro atoms. The third-order valence-corrected chi connectivity index (χ3v) is 4.64. The van der Waals surface area contributed by atoms with E-state index >= 15 is 0 Å². The summed E-state index contributed by atoms with van der Waals surface area (Å²) in [6, 6.07) is 7.59. The van der Waals surface area contributed by atoms with Gasteiger partial charge in [0.1, 0.15) is 5.65 Å². The van der Waals surface area contributed by atoms with Gasteiger partial charge in [0.15, 0.2) is 0 Å². The van der Waals surface area contributed by atoms with Gasteiger partial charge in [-0.15, -0.1) is 0 Å². The number of amides is 1. The topological polar surface area (TPSA) is 71.3 Å². The van der Waals surface area contributed by atoms with Gasteiger partial charge in [0.25, 0.3) is 5.91 Å². The Morgan fingerprint density at radius 1 is 1.20 bits per heavy atom. The van der Waals surface area contributed by atoms with Crippen molar-refractivity contribution in [3.8, 4) is 0 Å². The monoisotopic (exact) mass is 335 g/mol. The van der Waals surface area contributed by atoms with Crippen LogP contribution in [0.5, 0.6) is 0 Å². The molecule has 1 aliphatic rings. The van der Waals surface area contributed by atoms with Gasteiger partial charge >= 0.3 is 0 Å². The largest absolute Gasteiger partial charge is 0.321 e. The van der Waals surface area contributed by atoms with E-state index in [-0.39, 0.29) is 5.91 Å². The van der Waals surface area contributed by atoms with Gasteiger partial charge in [-0.05, 0) is 57.1 Å². The second-order valence-electron chi connectivity index (χ2n) is 6.52. The molecule has 3 aromatic heterocycles. The van der Waals surface area contributed by atoms with Crippen molar-refractivity contribution in [3.05, 3.63) is 59.8 Å². The number of carbonyl (C=O) groups is 1. The van der Waals surface area contributed by atoms with Crippen LogP contribution in [0.2, 0.25) is 0 Å². The van der Waals surface area contributed by atoms with E-state index in [1.165, 1.54) is 0 Å². The molecule has 2 N–H and O–H groups in total. The Bertz CT molecular complexity index is 894. The number of hydrogen-bond acceptors (Lipinski definition) is 4. The predicted octanol–water partition coefficient (Wildman–Crippen LogP) is 2.76. The molecule has 1 fully saturated rings. The number of carbonyl (C=O) groups excluding carboxylic acids is 1. The van der Waals surface area contributed by atoms with Crippen molar-refractivity contribution in [2.24, 2.45) is 0 Å². The lowest BCUT2D eigenvalue weighted by atomic mass is 9.94. The van der Waals surface area contributed by atoms with Gasteiger partial charge < -0.3 is 15.0 Å². The Labute approximate surface area is 146 Å². The molecule has 0 aliphatic carbocycles. The molecule has 128 valence electrons. The van der Waals surface area contributed by atoms with E-state index < -0.39 is 0 Å². The molecule has 0 atom stereocenters. The van der Waals surface area contributed by atoms with Crippen LogP contribution >= 0.6 is 0 Å². The van der Waals surface area contributed by atoms with Crippen molar-refractivity contribution >= 4 is 17.2 Å². The van der Waals surface area contributed by atoms with Gasteiger partial charge in [0.05, 0.1) is 16.9 Å². The lowest BCUT2D eigenvalue weighted by molar-refractivity contribution is 0.102. The van der Waals surface area contributed by atoms with Crippen LogP contribution in [0, 0.1) is 6.92 Å². The summed E-state index contributed by atoms with van der Waals surface area (Å²) in [6.45, 7) is 4.01. The average Bonchev–Trinajstić information content (AvgIpc) is 3.02. The lowest BCUT2D eigenvalue weighted by Crippen LogP contribution is -2.27. The van der Waals surface area contributed by atoms with E-state index in [4.69, 9.17) is 0 Å². The Balaban J connectivity index is 1.47. The number of imidazole rings is 1. The molecular formula is C19H21N5O. The zero-order valence-electron chi connectivity index (χ0n) is 14.2. The number of aromatic nitrogens is 3. The fourth-order valence-corrected chi connectivity index (χ4v) is 3.29. The summed E-state index contributed by atoms with van der Waals surface area (Å²) < 4.78 is 1.91. The number of nitrogens with zero attached hydrogens (tertiary/aromatic N) is 3. The first-order chi connectivity index (χ1) is 12.2. The van der Waals surface area contributed by atoms with Crippen molar-refractivity contribution in [2.75, 3.05) is 18.4 Å². The molecule has 6 nitrogen and oxygen atoms in total. The highest BCUT2D eigenvalue weighted by atomic mass is 16.1. The van der Waals surface area contributed by atoms with E-state index in [1.807, 2.05) is 48.0 Å². The third kappa shape index (κ3) is 3.39. The Hall–Kier alpha value is -2.73. The third-order valence-electron chi connectivity index (χ3n) is 4.64. The van der Waals surface area contributed by atoms with Crippen LogP contribution in [0.15, 0.2) is 42.9 Å². The van der Waals surface area contributed by atoms with Gasteiger partial charge in [-0.1, -0.05) is 0 Å². The number of rotatable bonds is 3. The number of pyridine rings is 2. The van der Waals surface area contributed by atoms with Crippen LogP contribution in [0.3, 0.4) is 0 Å². The normalized spacial score (nSPS) is 15.4. The zero-order chi connectivity index (χ0) is 17.2. The van der Waals surface area contributed by atoms with E-state index in [9.17, 15) is 4.79 Å². The summed E-state index contributed by atoms with van der Waals surface area (Å²) in [5.74, 6) is 0.339. The van der Waals surface area contributed by atoms with Gasteiger partial charge in [0.2, 0.25) is 0 Å². The fraction of sp³-hybridized carbons (Fsp3) is 0.316. The number of aryl methyl sites for hydroxylation is 1. The molecule has 0 bridgehead atoms. The molecule has 6 heteroatoms. The smallest absolute Gasteiger partial charge is 0.257 e. The van der Waals surface area contributed by atoms with Crippen LogP contribution in [-0.4, -0.2) is 33.4 Å². The van der Waals surface area contributed by atoms with E-state index in [0.29, 0.717) is 11.5 Å². The molecule has 0 unspecified atom stereocenters. The summed E-state index contributed by atoms with van der Waals surface area (Å²) in [5, 5.41) is 6.28. The number of nitrogens with one attached hydrogen (secondary N) is 2. The molecular weight excluding hydrogens is 314 g/mol. The summed E-state index contributed by atoms with van der Waals surface area (Å²) in [5.41, 5.74) is 4.19. The van der Waals surface area contributed by atoms with Gasteiger partial charge in [-0.3, -0.25) is 9.78 Å². The Morgan fingerprint density at radius 2 is 2.04 bits per heavy atom. The molecule has 3 aromatic rings. The summed E-state index contributed by atoms with van der Waals surface area (Å²) >= 11 is 0. The Morgan fingerprint density at radius 3 is 2.80 bits per heavy atom. The summed E-state index contributed by atoms with van der Waals surface area (Å²) in [4.78, 5) is 21.4. The molecule has 4 rings (SSSR count). The highest BCUT2D eigenvalue weighted by molar-refractivity contribution is 6.04. The first-order valence-corrected chi connectivity index (χ1v) is 8.62. The maximum atomic E-state index is 12.5. The van der Waals surface area contributed by atoms with Crippen LogP contribution in [0.1, 0.15) is 40.5 Å². The quantitative estimate of drug-likeness (QED) is 0.772. The first-order valence-electron chi connectivity index (χ1n) is 8.62. The van der Waals surface area contributed by atoms with Crippen LogP contribution < -0.4 is 10.6 Å². The standard InChI is InChI=1S/C19H21N5O/c1-13-11-24-12-16(3-5-18(24)22-13)23-19(25)15-2-4-17(21-10-15)14-6-8-20-9-7-14/h2-5,10-12,14,20H,6-9H2,1H3,(H,23,25). The number of anilines is 1. The van der Waals surface area contributed by atoms with Crippen LogP contribution in [0.4, 0.5) is 5.69 Å². The number of fused-ring (bicyclic) bond motifs is 1. The summed E-state index contributed by atoms with van der Waals surface area (Å²) in [6.07, 6.45) is 7.67. The molecule has 4 heterocycles. The van der Waals surface area contributed by atoms with Crippen molar-refractivity contribution < 1.29 is 4.79 Å². The molecule has 0 saturated carbocycles. The molecule has 25 heavy (non-hydrogen) atoms. The van der Waals surface area contributed by atoms with Crippen molar-refractivity contribution in [2.45, 2.75) is 25.7 Å². The highest BCUT2D eigenvalue weighted by Crippen LogP contribution is 2.23. The van der Waals surface area contributed by atoms with Crippen molar-refractivity contribution in [3.63, 3.8) is 0 Å². The van der Waals surface area contributed by atoms with Gasteiger partial charge in [-0.25, -0.2) is 4.98 Å². The Kier molecular flexibility index (Phi) is 4.19. The first kappa shape index (κ1) is 15.8. The highest BCUT2D eigenvalue weighted by Gasteiger charge is 2.17. The average molecular weight is 335 g/mol. The maximum absolute atomic E-state index is 12.5. The SMILES string of the molecule is Cc1cn2cc(NC(=O)c3ccc(C4CCNCC4)nc3)ccc2n1. The van der Waals surface area contributed by atoms with Gasteiger partial charge in [0, 0.05) is 30.2 Å². The molecule has 1 saturated heterocycles. The molecule has 0 aromatic carbocycles. The number of hydrogen-bond donors (Lipinski definition) is 2. The summed E-state index contributed by atoms with van der Waals surface area (Å²) in [7, 11) is 0. The fourth-order valence-electron chi connectivity index (χ4n) is 3.29. The van der Waals surface area contributed by atoms with E-state index in [1.54, 1.807) is 6.20 Å². The van der Waals surface area contributed by atoms with Crippen molar-refractivity contribution in [1.29, 1.82) is 0 Å². The second-order valence-corrected chi connectivity index (χ2v) is 6.52.